The van der Waals surface area contributed by atoms with Crippen LogP contribution < -0.4 is 26.2 Å². The predicted octanol–water partition coefficient (Wildman–Crippen LogP) is 3.67. The van der Waals surface area contributed by atoms with Gasteiger partial charge in [-0.2, -0.15) is 5.10 Å². The molecule has 6 N–H and O–H groups in total. The average Bonchev–Trinajstić information content (AvgIpc) is 3.40. The molecule has 5 aromatic rings. The fraction of sp³-hybridized carbons (Fsp3) is 0.267. The molecule has 2 aromatic heterocycles. The van der Waals surface area contributed by atoms with Gasteiger partial charge in [0.2, 0.25) is 5.91 Å². The standard InChI is InChI=1S/C30H29ClF2N8O5S/c1-14-12-40(13-25(34)46-14)19-3-4-20-22(11-19)36-29(23(35-15(2)42)9-16-7-17(32)10-18(33)8-16)41(30(20)43)24-6-5-21(31)26-27(24)37-38-28(26)39-47(44)45/h3-8,10-11,14,23,25H,9,12-13,34H2,1-2H3,(H,35,42)(H,44,45)(H2,37,38,39)/t14-,23-,25-/m0/s1. The average molecular weight is 687 g/mol. The van der Waals surface area contributed by atoms with E-state index in [0.717, 1.165) is 23.9 Å². The summed E-state index contributed by atoms with van der Waals surface area (Å²) in [7, 11) is 0. The molecule has 13 nitrogen and oxygen atoms in total. The van der Waals surface area contributed by atoms with E-state index in [1.165, 1.54) is 23.6 Å². The quantitative estimate of drug-likeness (QED) is 0.152. The number of nitrogens with one attached hydrogen (secondary N) is 3. The summed E-state index contributed by atoms with van der Waals surface area (Å²) in [6.45, 7) is 4.11. The van der Waals surface area contributed by atoms with Gasteiger partial charge in [0.25, 0.3) is 16.8 Å². The topological polar surface area (TPSA) is 180 Å². The minimum Gasteiger partial charge on any atom is -0.365 e. The van der Waals surface area contributed by atoms with Crippen molar-refractivity contribution in [2.24, 2.45) is 5.73 Å². The lowest BCUT2D eigenvalue weighted by atomic mass is 10.0. The molecule has 1 saturated heterocycles. The number of hydrogen-bond acceptors (Lipinski definition) is 8. The van der Waals surface area contributed by atoms with Gasteiger partial charge >= 0.3 is 0 Å². The highest BCUT2D eigenvalue weighted by atomic mass is 35.5. The molecule has 3 aromatic carbocycles. The van der Waals surface area contributed by atoms with Crippen LogP contribution in [0.1, 0.15) is 31.3 Å². The maximum Gasteiger partial charge on any atom is 0.266 e. The van der Waals surface area contributed by atoms with Crippen LogP contribution in [0.4, 0.5) is 20.3 Å². The summed E-state index contributed by atoms with van der Waals surface area (Å²) in [4.78, 5) is 33.9. The number of nitrogens with zero attached hydrogens (tertiary/aromatic N) is 4. The molecule has 1 fully saturated rings. The molecule has 0 bridgehead atoms. The van der Waals surface area contributed by atoms with Gasteiger partial charge in [0.1, 0.15) is 23.7 Å². The summed E-state index contributed by atoms with van der Waals surface area (Å²) in [6, 6.07) is 10.1. The van der Waals surface area contributed by atoms with Gasteiger partial charge in [-0.1, -0.05) is 11.6 Å². The second-order valence-electron chi connectivity index (χ2n) is 11.2. The first-order valence-corrected chi connectivity index (χ1v) is 15.9. The van der Waals surface area contributed by atoms with Crippen molar-refractivity contribution in [3.05, 3.63) is 86.9 Å². The van der Waals surface area contributed by atoms with E-state index in [4.69, 9.17) is 27.1 Å². The molecule has 1 aliphatic rings. The number of nitrogens with two attached hydrogens (primary N) is 1. The molecule has 1 aliphatic heterocycles. The fourth-order valence-electron chi connectivity index (χ4n) is 5.89. The van der Waals surface area contributed by atoms with Crippen molar-refractivity contribution in [1.29, 1.82) is 0 Å². The molecule has 0 saturated carbocycles. The van der Waals surface area contributed by atoms with E-state index in [1.807, 2.05) is 11.8 Å². The molecule has 0 aliphatic carbocycles. The van der Waals surface area contributed by atoms with Crippen LogP contribution in [-0.4, -0.2) is 59.8 Å². The molecule has 47 heavy (non-hydrogen) atoms. The van der Waals surface area contributed by atoms with E-state index < -0.39 is 46.6 Å². The molecule has 4 atom stereocenters. The Kier molecular flexibility index (Phi) is 8.95. The van der Waals surface area contributed by atoms with Crippen molar-refractivity contribution >= 4 is 62.1 Å². The highest BCUT2D eigenvalue weighted by Crippen LogP contribution is 2.34. The van der Waals surface area contributed by atoms with Crippen LogP contribution in [0.25, 0.3) is 27.5 Å². The molecule has 0 spiro atoms. The van der Waals surface area contributed by atoms with E-state index in [-0.39, 0.29) is 56.7 Å². The third-order valence-electron chi connectivity index (χ3n) is 7.65. The van der Waals surface area contributed by atoms with Gasteiger partial charge in [-0.25, -0.2) is 18.0 Å². The molecule has 1 unspecified atom stereocenters. The number of rotatable bonds is 8. The Morgan fingerprint density at radius 3 is 2.64 bits per heavy atom. The SMILES string of the molecule is CC(=O)N[C@@H](Cc1cc(F)cc(F)c1)c1nc2cc(N3C[C@@H](N)O[C@@H](C)C3)ccc2c(=O)n1-c1ccc(Cl)c2c(NS(=O)O)n[nH]c12. The second-order valence-corrected chi connectivity index (χ2v) is 12.3. The largest absolute Gasteiger partial charge is 0.365 e. The van der Waals surface area contributed by atoms with Crippen LogP contribution in [0.5, 0.6) is 0 Å². The first-order chi connectivity index (χ1) is 22.4. The van der Waals surface area contributed by atoms with E-state index in [9.17, 15) is 27.1 Å². The van der Waals surface area contributed by atoms with Crippen molar-refractivity contribution in [2.45, 2.75) is 38.6 Å². The number of H-pyrrole nitrogens is 1. The zero-order chi connectivity index (χ0) is 33.6. The Morgan fingerprint density at radius 2 is 1.96 bits per heavy atom. The lowest BCUT2D eigenvalue weighted by Gasteiger charge is -2.36. The number of anilines is 2. The second kappa shape index (κ2) is 13.0. The van der Waals surface area contributed by atoms with Crippen LogP contribution in [0.15, 0.2) is 53.3 Å². The first-order valence-electron chi connectivity index (χ1n) is 14.4. The number of carbonyl (C=O) groups is 1. The summed E-state index contributed by atoms with van der Waals surface area (Å²) >= 11 is 3.98. The van der Waals surface area contributed by atoms with Crippen molar-refractivity contribution in [2.75, 3.05) is 22.7 Å². The van der Waals surface area contributed by atoms with Gasteiger partial charge < -0.3 is 20.7 Å². The maximum atomic E-state index is 14.5. The number of hydrogen-bond donors (Lipinski definition) is 5. The molecule has 17 heteroatoms. The fourth-order valence-corrected chi connectivity index (χ4v) is 6.45. The van der Waals surface area contributed by atoms with Gasteiger partial charge in [-0.05, 0) is 55.0 Å². The number of benzene rings is 3. The van der Waals surface area contributed by atoms with Gasteiger partial charge in [0.15, 0.2) is 5.82 Å². The highest BCUT2D eigenvalue weighted by molar-refractivity contribution is 7.80. The van der Waals surface area contributed by atoms with Crippen molar-refractivity contribution in [1.82, 2.24) is 25.1 Å². The number of ether oxygens (including phenoxy) is 1. The van der Waals surface area contributed by atoms with Crippen LogP contribution in [0.3, 0.4) is 0 Å². The Labute approximate surface area is 273 Å². The third-order valence-corrected chi connectivity index (χ3v) is 8.34. The van der Waals surface area contributed by atoms with Gasteiger partial charge in [0, 0.05) is 31.6 Å². The molecule has 3 heterocycles. The Balaban J connectivity index is 1.61. The lowest BCUT2D eigenvalue weighted by Crippen LogP contribution is -2.50. The van der Waals surface area contributed by atoms with Gasteiger partial charge in [-0.3, -0.25) is 28.5 Å². The van der Waals surface area contributed by atoms with E-state index in [0.29, 0.717) is 18.6 Å². The predicted molar refractivity (Wildman–Crippen MR) is 174 cm³/mol. The minimum absolute atomic E-state index is 0.0324. The van der Waals surface area contributed by atoms with Gasteiger partial charge in [-0.15, -0.1) is 0 Å². The van der Waals surface area contributed by atoms with Crippen molar-refractivity contribution < 1.29 is 27.1 Å². The number of aromatic amines is 1. The monoisotopic (exact) mass is 686 g/mol. The van der Waals surface area contributed by atoms with Crippen LogP contribution >= 0.6 is 11.6 Å². The number of aromatic nitrogens is 4. The number of carbonyl (C=O) groups excluding carboxylic acids is 1. The summed E-state index contributed by atoms with van der Waals surface area (Å²) in [5.41, 5.74) is 7.18. The lowest BCUT2D eigenvalue weighted by molar-refractivity contribution is -0.119. The Hall–Kier alpha value is -4.48. The summed E-state index contributed by atoms with van der Waals surface area (Å²) in [6.07, 6.45) is -0.810. The number of fused-ring (bicyclic) bond motifs is 2. The first kappa shape index (κ1) is 32.5. The highest BCUT2D eigenvalue weighted by Gasteiger charge is 2.27. The molecular formula is C30H29ClF2N8O5S. The maximum absolute atomic E-state index is 14.5. The third kappa shape index (κ3) is 6.68. The number of amides is 1. The molecule has 0 radical (unpaired) electrons. The molecule has 6 rings (SSSR count). The Bertz CT molecular complexity index is 2080. The van der Waals surface area contributed by atoms with Crippen LogP contribution in [-0.2, 0) is 27.2 Å². The number of morpholine rings is 1. The summed E-state index contributed by atoms with van der Waals surface area (Å²) < 4.78 is 58.7. The van der Waals surface area contributed by atoms with Crippen LogP contribution in [0.2, 0.25) is 5.02 Å². The normalized spacial score (nSPS) is 18.0. The zero-order valence-corrected chi connectivity index (χ0v) is 26.5. The summed E-state index contributed by atoms with van der Waals surface area (Å²) in [5.74, 6) is -2.13. The summed E-state index contributed by atoms with van der Waals surface area (Å²) in [5, 5.41) is 10.2. The molecule has 246 valence electrons. The van der Waals surface area contributed by atoms with Crippen LogP contribution in [0, 0.1) is 11.6 Å². The smallest absolute Gasteiger partial charge is 0.266 e. The molecular weight excluding hydrogens is 658 g/mol. The van der Waals surface area contributed by atoms with Crippen molar-refractivity contribution in [3.63, 3.8) is 0 Å². The minimum atomic E-state index is -2.49. The number of halogens is 3. The van der Waals surface area contributed by atoms with E-state index in [1.54, 1.807) is 18.2 Å². The van der Waals surface area contributed by atoms with Crippen molar-refractivity contribution in [3.8, 4) is 5.69 Å². The zero-order valence-electron chi connectivity index (χ0n) is 25.0. The van der Waals surface area contributed by atoms with Gasteiger partial charge in [0.05, 0.1) is 51.2 Å². The van der Waals surface area contributed by atoms with E-state index >= 15 is 0 Å². The van der Waals surface area contributed by atoms with E-state index in [2.05, 4.69) is 20.2 Å². The Morgan fingerprint density at radius 1 is 1.21 bits per heavy atom. The molecule has 1 amide bonds.